The molecule has 1 aromatic heterocycles. The smallest absolute Gasteiger partial charge is 0.195 e. The quantitative estimate of drug-likeness (QED) is 0.794. The SMILES string of the molecule is CCc1nnc(S(C)(=O)=O)c2ccccc12. The molecule has 0 atom stereocenters. The van der Waals surface area contributed by atoms with Gasteiger partial charge >= 0.3 is 0 Å². The van der Waals surface area contributed by atoms with Crippen LogP contribution in [0.1, 0.15) is 12.6 Å². The first-order valence-corrected chi connectivity index (χ1v) is 6.87. The van der Waals surface area contributed by atoms with E-state index in [0.29, 0.717) is 5.39 Å². The number of nitrogens with zero attached hydrogens (tertiary/aromatic N) is 2. The van der Waals surface area contributed by atoms with Crippen LogP contribution >= 0.6 is 0 Å². The Balaban J connectivity index is 2.91. The minimum atomic E-state index is -3.33. The summed E-state index contributed by atoms with van der Waals surface area (Å²) in [6, 6.07) is 7.31. The molecule has 0 radical (unpaired) electrons. The number of fused-ring (bicyclic) bond motifs is 1. The topological polar surface area (TPSA) is 59.9 Å². The van der Waals surface area contributed by atoms with Crippen molar-refractivity contribution >= 4 is 20.6 Å². The van der Waals surface area contributed by atoms with Gasteiger partial charge in [0.05, 0.1) is 5.69 Å². The Labute approximate surface area is 94.2 Å². The van der Waals surface area contributed by atoms with Gasteiger partial charge < -0.3 is 0 Å². The first-order valence-electron chi connectivity index (χ1n) is 4.98. The molecule has 1 aromatic carbocycles. The predicted octanol–water partition coefficient (Wildman–Crippen LogP) is 1.60. The Morgan fingerprint density at radius 3 is 2.31 bits per heavy atom. The molecular weight excluding hydrogens is 224 g/mol. The Hall–Kier alpha value is -1.49. The van der Waals surface area contributed by atoms with Crippen molar-refractivity contribution in [3.63, 3.8) is 0 Å². The van der Waals surface area contributed by atoms with Gasteiger partial charge in [-0.3, -0.25) is 0 Å². The molecule has 0 aliphatic heterocycles. The monoisotopic (exact) mass is 236 g/mol. The number of hydrogen-bond donors (Lipinski definition) is 0. The van der Waals surface area contributed by atoms with E-state index in [0.717, 1.165) is 23.8 Å². The van der Waals surface area contributed by atoms with Crippen molar-refractivity contribution < 1.29 is 8.42 Å². The fourth-order valence-electron chi connectivity index (χ4n) is 1.67. The van der Waals surface area contributed by atoms with E-state index in [1.807, 2.05) is 19.1 Å². The van der Waals surface area contributed by atoms with E-state index < -0.39 is 9.84 Å². The van der Waals surface area contributed by atoms with Gasteiger partial charge in [-0.05, 0) is 6.42 Å². The van der Waals surface area contributed by atoms with Gasteiger partial charge in [-0.25, -0.2) is 8.42 Å². The van der Waals surface area contributed by atoms with Gasteiger partial charge in [0.2, 0.25) is 0 Å². The van der Waals surface area contributed by atoms with E-state index in [9.17, 15) is 8.42 Å². The van der Waals surface area contributed by atoms with Crippen molar-refractivity contribution in [1.82, 2.24) is 10.2 Å². The van der Waals surface area contributed by atoms with Gasteiger partial charge in [0.1, 0.15) is 0 Å². The minimum absolute atomic E-state index is 0.0558. The van der Waals surface area contributed by atoms with Crippen LogP contribution in [0.4, 0.5) is 0 Å². The highest BCUT2D eigenvalue weighted by molar-refractivity contribution is 7.90. The van der Waals surface area contributed by atoms with E-state index in [4.69, 9.17) is 0 Å². The minimum Gasteiger partial charge on any atom is -0.222 e. The fourth-order valence-corrected chi connectivity index (χ4v) is 2.44. The lowest BCUT2D eigenvalue weighted by Gasteiger charge is -2.05. The number of aryl methyl sites for hydroxylation is 1. The van der Waals surface area contributed by atoms with E-state index >= 15 is 0 Å². The van der Waals surface area contributed by atoms with Gasteiger partial charge in [0, 0.05) is 17.0 Å². The zero-order chi connectivity index (χ0) is 11.8. The maximum atomic E-state index is 11.5. The maximum Gasteiger partial charge on any atom is 0.195 e. The van der Waals surface area contributed by atoms with Crippen molar-refractivity contribution in [3.05, 3.63) is 30.0 Å². The first kappa shape index (κ1) is 11.0. The van der Waals surface area contributed by atoms with Gasteiger partial charge in [-0.15, -0.1) is 5.10 Å². The summed E-state index contributed by atoms with van der Waals surface area (Å²) < 4.78 is 23.1. The van der Waals surface area contributed by atoms with Gasteiger partial charge in [-0.1, -0.05) is 31.2 Å². The standard InChI is InChI=1S/C11H12N2O2S/c1-3-10-8-6-4-5-7-9(8)11(13-12-10)16(2,14)15/h4-7H,3H2,1-2H3. The molecule has 1 heterocycles. The second-order valence-electron chi connectivity index (χ2n) is 3.62. The van der Waals surface area contributed by atoms with Crippen LogP contribution in [0.5, 0.6) is 0 Å². The van der Waals surface area contributed by atoms with Crippen molar-refractivity contribution in [2.24, 2.45) is 0 Å². The molecule has 5 heteroatoms. The van der Waals surface area contributed by atoms with E-state index in [2.05, 4.69) is 10.2 Å². The van der Waals surface area contributed by atoms with Crippen molar-refractivity contribution in [2.75, 3.05) is 6.26 Å². The van der Waals surface area contributed by atoms with Crippen LogP contribution in [0.25, 0.3) is 10.8 Å². The number of aromatic nitrogens is 2. The van der Waals surface area contributed by atoms with E-state index in [-0.39, 0.29) is 5.03 Å². The normalized spacial score (nSPS) is 11.9. The van der Waals surface area contributed by atoms with Crippen LogP contribution in [-0.4, -0.2) is 24.9 Å². The number of benzene rings is 1. The molecular formula is C11H12N2O2S. The highest BCUT2D eigenvalue weighted by atomic mass is 32.2. The predicted molar refractivity (Wildman–Crippen MR) is 62.0 cm³/mol. The summed E-state index contributed by atoms with van der Waals surface area (Å²) in [5, 5.41) is 9.34. The van der Waals surface area contributed by atoms with Crippen LogP contribution in [-0.2, 0) is 16.3 Å². The van der Waals surface area contributed by atoms with Crippen LogP contribution < -0.4 is 0 Å². The molecule has 0 aliphatic carbocycles. The fraction of sp³-hybridized carbons (Fsp3) is 0.273. The summed E-state index contributed by atoms with van der Waals surface area (Å²) in [6.07, 6.45) is 1.88. The van der Waals surface area contributed by atoms with Crippen molar-refractivity contribution in [3.8, 4) is 0 Å². The molecule has 0 N–H and O–H groups in total. The average Bonchev–Trinajstić information content (AvgIpc) is 2.26. The highest BCUT2D eigenvalue weighted by Gasteiger charge is 2.15. The van der Waals surface area contributed by atoms with Crippen molar-refractivity contribution in [2.45, 2.75) is 18.4 Å². The molecule has 0 bridgehead atoms. The first-order chi connectivity index (χ1) is 7.54. The largest absolute Gasteiger partial charge is 0.222 e. The lowest BCUT2D eigenvalue weighted by molar-refractivity contribution is 0.597. The molecule has 0 spiro atoms. The third-order valence-corrected chi connectivity index (χ3v) is 3.42. The molecule has 16 heavy (non-hydrogen) atoms. The van der Waals surface area contributed by atoms with Crippen molar-refractivity contribution in [1.29, 1.82) is 0 Å². The van der Waals surface area contributed by atoms with Crippen LogP contribution in [0, 0.1) is 0 Å². The molecule has 0 saturated heterocycles. The maximum absolute atomic E-state index is 11.5. The summed E-state index contributed by atoms with van der Waals surface area (Å²) in [6.45, 7) is 1.97. The molecule has 4 nitrogen and oxygen atoms in total. The Morgan fingerprint density at radius 1 is 1.12 bits per heavy atom. The average molecular weight is 236 g/mol. The molecule has 0 aliphatic rings. The Morgan fingerprint density at radius 2 is 1.75 bits per heavy atom. The van der Waals surface area contributed by atoms with E-state index in [1.165, 1.54) is 0 Å². The van der Waals surface area contributed by atoms with Crippen LogP contribution in [0.2, 0.25) is 0 Å². The molecule has 2 aromatic rings. The highest BCUT2D eigenvalue weighted by Crippen LogP contribution is 2.22. The summed E-state index contributed by atoms with van der Waals surface area (Å²) in [7, 11) is -3.33. The third-order valence-electron chi connectivity index (χ3n) is 2.42. The number of rotatable bonds is 2. The zero-order valence-corrected chi connectivity index (χ0v) is 9.95. The third kappa shape index (κ3) is 1.78. The van der Waals surface area contributed by atoms with Crippen LogP contribution in [0.3, 0.4) is 0 Å². The zero-order valence-electron chi connectivity index (χ0n) is 9.14. The van der Waals surface area contributed by atoms with Crippen LogP contribution in [0.15, 0.2) is 29.3 Å². The van der Waals surface area contributed by atoms with Gasteiger partial charge in [-0.2, -0.15) is 5.10 Å². The summed E-state index contributed by atoms with van der Waals surface area (Å²) in [5.41, 5.74) is 0.822. The second kappa shape index (κ2) is 3.83. The number of sulfone groups is 1. The summed E-state index contributed by atoms with van der Waals surface area (Å²) >= 11 is 0. The molecule has 84 valence electrons. The van der Waals surface area contributed by atoms with E-state index in [1.54, 1.807) is 12.1 Å². The number of hydrogen-bond acceptors (Lipinski definition) is 4. The summed E-state index contributed by atoms with van der Waals surface area (Å²) in [4.78, 5) is 0. The molecule has 0 amide bonds. The molecule has 0 fully saturated rings. The Bertz CT molecular complexity index is 635. The van der Waals surface area contributed by atoms with Gasteiger partial charge in [0.25, 0.3) is 0 Å². The van der Waals surface area contributed by atoms with Gasteiger partial charge in [0.15, 0.2) is 14.9 Å². The molecule has 0 saturated carbocycles. The lowest BCUT2D eigenvalue weighted by Crippen LogP contribution is -2.05. The second-order valence-corrected chi connectivity index (χ2v) is 5.55. The summed E-state index contributed by atoms with van der Waals surface area (Å²) in [5.74, 6) is 0. The molecule has 2 rings (SSSR count). The lowest BCUT2D eigenvalue weighted by atomic mass is 10.1. The Kier molecular flexibility index (Phi) is 2.63. The molecule has 0 unspecified atom stereocenters.